The summed E-state index contributed by atoms with van der Waals surface area (Å²) in [5.74, 6) is -0.677. The number of carbonyl (C=O) groups excluding carboxylic acids is 1. The number of para-hydroxylation sites is 1. The molecule has 1 rings (SSSR count). The Hall–Kier alpha value is -1.66. The molecule has 0 aliphatic carbocycles. The minimum absolute atomic E-state index is 0.0772. The summed E-state index contributed by atoms with van der Waals surface area (Å²) in [6.45, 7) is 4.06. The first kappa shape index (κ1) is 16.4. The molecule has 1 aromatic carbocycles. The number of nitrogens with one attached hydrogen (secondary N) is 2. The van der Waals surface area contributed by atoms with Crippen LogP contribution in [0, 0.1) is 5.82 Å². The largest absolute Gasteiger partial charge is 0.478 e. The zero-order valence-electron chi connectivity index (χ0n) is 11.8. The summed E-state index contributed by atoms with van der Waals surface area (Å²) in [5.41, 5.74) is 0. The highest BCUT2D eigenvalue weighted by atomic mass is 19.1. The average molecular weight is 284 g/mol. The molecule has 1 amide bonds. The molecule has 112 valence electrons. The zero-order valence-corrected chi connectivity index (χ0v) is 11.8. The highest BCUT2D eigenvalue weighted by Crippen LogP contribution is 2.16. The van der Waals surface area contributed by atoms with Crippen molar-refractivity contribution < 1.29 is 18.7 Å². The van der Waals surface area contributed by atoms with Gasteiger partial charge in [0.15, 0.2) is 17.7 Å². The Labute approximate surface area is 118 Å². The Morgan fingerprint density at radius 1 is 1.30 bits per heavy atom. The van der Waals surface area contributed by atoms with Crippen LogP contribution in [0.5, 0.6) is 5.75 Å². The normalized spacial score (nSPS) is 11.9. The number of halogens is 1. The summed E-state index contributed by atoms with van der Waals surface area (Å²) in [5, 5.41) is 5.81. The molecule has 0 saturated carbocycles. The van der Waals surface area contributed by atoms with Gasteiger partial charge in [-0.25, -0.2) is 4.39 Å². The van der Waals surface area contributed by atoms with E-state index in [9.17, 15) is 9.18 Å². The van der Waals surface area contributed by atoms with E-state index in [-0.39, 0.29) is 11.7 Å². The number of ether oxygens (including phenoxy) is 2. The lowest BCUT2D eigenvalue weighted by atomic mass is 10.3. The van der Waals surface area contributed by atoms with Crippen LogP contribution in [0.1, 0.15) is 6.92 Å². The predicted octanol–water partition coefficient (Wildman–Crippen LogP) is 0.945. The molecule has 5 nitrogen and oxygen atoms in total. The molecule has 1 unspecified atom stereocenters. The van der Waals surface area contributed by atoms with E-state index in [1.54, 1.807) is 26.2 Å². The monoisotopic (exact) mass is 284 g/mol. The SMILES string of the molecule is COCCNCCNC(=O)C(C)Oc1ccccc1F. The van der Waals surface area contributed by atoms with E-state index in [1.165, 1.54) is 12.1 Å². The maximum atomic E-state index is 13.4. The molecule has 1 atom stereocenters. The molecule has 0 bridgehead atoms. The smallest absolute Gasteiger partial charge is 0.260 e. The summed E-state index contributed by atoms with van der Waals surface area (Å²) >= 11 is 0. The van der Waals surface area contributed by atoms with E-state index in [0.717, 1.165) is 6.54 Å². The Kier molecular flexibility index (Phi) is 7.60. The van der Waals surface area contributed by atoms with Gasteiger partial charge in [-0.15, -0.1) is 0 Å². The van der Waals surface area contributed by atoms with Crippen LogP contribution in [0.4, 0.5) is 4.39 Å². The Balaban J connectivity index is 2.24. The van der Waals surface area contributed by atoms with Crippen LogP contribution in [-0.4, -0.2) is 45.4 Å². The molecule has 20 heavy (non-hydrogen) atoms. The summed E-state index contributed by atoms with van der Waals surface area (Å²) in [7, 11) is 1.63. The molecule has 0 aliphatic heterocycles. The van der Waals surface area contributed by atoms with Crippen molar-refractivity contribution in [3.63, 3.8) is 0 Å². The van der Waals surface area contributed by atoms with Crippen molar-refractivity contribution in [1.29, 1.82) is 0 Å². The topological polar surface area (TPSA) is 59.6 Å². The van der Waals surface area contributed by atoms with Crippen molar-refractivity contribution in [3.8, 4) is 5.75 Å². The van der Waals surface area contributed by atoms with Gasteiger partial charge in [-0.3, -0.25) is 4.79 Å². The van der Waals surface area contributed by atoms with Gasteiger partial charge in [0.25, 0.3) is 5.91 Å². The van der Waals surface area contributed by atoms with Crippen molar-refractivity contribution in [2.24, 2.45) is 0 Å². The third-order valence-electron chi connectivity index (χ3n) is 2.59. The third kappa shape index (κ3) is 5.99. The minimum atomic E-state index is -0.745. The highest BCUT2D eigenvalue weighted by molar-refractivity contribution is 5.80. The molecular weight excluding hydrogens is 263 g/mol. The van der Waals surface area contributed by atoms with Crippen molar-refractivity contribution in [2.75, 3.05) is 33.4 Å². The van der Waals surface area contributed by atoms with Gasteiger partial charge in [-0.05, 0) is 19.1 Å². The number of methoxy groups -OCH3 is 1. The molecule has 0 fully saturated rings. The van der Waals surface area contributed by atoms with E-state index >= 15 is 0 Å². The summed E-state index contributed by atoms with van der Waals surface area (Å²) in [6.07, 6.45) is -0.745. The number of amides is 1. The van der Waals surface area contributed by atoms with Gasteiger partial charge < -0.3 is 20.1 Å². The van der Waals surface area contributed by atoms with Crippen LogP contribution in [0.25, 0.3) is 0 Å². The third-order valence-corrected chi connectivity index (χ3v) is 2.59. The van der Waals surface area contributed by atoms with Gasteiger partial charge in [-0.1, -0.05) is 12.1 Å². The Bertz CT molecular complexity index is 415. The predicted molar refractivity (Wildman–Crippen MR) is 74.2 cm³/mol. The van der Waals surface area contributed by atoms with Crippen molar-refractivity contribution in [2.45, 2.75) is 13.0 Å². The number of rotatable bonds is 9. The second-order valence-corrected chi connectivity index (χ2v) is 4.22. The lowest BCUT2D eigenvalue weighted by molar-refractivity contribution is -0.127. The fourth-order valence-electron chi connectivity index (χ4n) is 1.50. The Morgan fingerprint density at radius 2 is 2.05 bits per heavy atom. The Morgan fingerprint density at radius 3 is 2.75 bits per heavy atom. The molecule has 0 radical (unpaired) electrons. The zero-order chi connectivity index (χ0) is 14.8. The first-order chi connectivity index (χ1) is 9.65. The number of carbonyl (C=O) groups is 1. The summed E-state index contributed by atoms with van der Waals surface area (Å²) < 4.78 is 23.5. The second-order valence-electron chi connectivity index (χ2n) is 4.22. The fourth-order valence-corrected chi connectivity index (χ4v) is 1.50. The number of benzene rings is 1. The average Bonchev–Trinajstić information content (AvgIpc) is 2.44. The first-order valence-corrected chi connectivity index (χ1v) is 6.53. The van der Waals surface area contributed by atoms with Crippen LogP contribution in [0.3, 0.4) is 0 Å². The standard InChI is InChI=1S/C14H21FN2O3/c1-11(20-13-6-4-3-5-12(13)15)14(18)17-8-7-16-9-10-19-2/h3-6,11,16H,7-10H2,1-2H3,(H,17,18). The van der Waals surface area contributed by atoms with E-state index in [4.69, 9.17) is 9.47 Å². The van der Waals surface area contributed by atoms with Gasteiger partial charge in [0, 0.05) is 26.7 Å². The fraction of sp³-hybridized carbons (Fsp3) is 0.500. The molecule has 0 aliphatic rings. The van der Waals surface area contributed by atoms with Gasteiger partial charge in [0.2, 0.25) is 0 Å². The molecule has 1 aromatic rings. The highest BCUT2D eigenvalue weighted by Gasteiger charge is 2.15. The van der Waals surface area contributed by atoms with Crippen LogP contribution < -0.4 is 15.4 Å². The maximum absolute atomic E-state index is 13.4. The summed E-state index contributed by atoms with van der Waals surface area (Å²) in [4.78, 5) is 11.7. The van der Waals surface area contributed by atoms with Crippen LogP contribution in [-0.2, 0) is 9.53 Å². The van der Waals surface area contributed by atoms with E-state index in [2.05, 4.69) is 10.6 Å². The quantitative estimate of drug-likeness (QED) is 0.663. The molecule has 0 aromatic heterocycles. The van der Waals surface area contributed by atoms with E-state index in [1.807, 2.05) is 0 Å². The van der Waals surface area contributed by atoms with Crippen molar-refractivity contribution in [3.05, 3.63) is 30.1 Å². The molecule has 0 spiro atoms. The van der Waals surface area contributed by atoms with Crippen LogP contribution in [0.2, 0.25) is 0 Å². The maximum Gasteiger partial charge on any atom is 0.260 e. The number of hydrogen-bond donors (Lipinski definition) is 2. The lowest BCUT2D eigenvalue weighted by Gasteiger charge is -2.15. The van der Waals surface area contributed by atoms with Gasteiger partial charge >= 0.3 is 0 Å². The first-order valence-electron chi connectivity index (χ1n) is 6.53. The van der Waals surface area contributed by atoms with E-state index < -0.39 is 11.9 Å². The molecule has 6 heteroatoms. The van der Waals surface area contributed by atoms with Crippen molar-refractivity contribution >= 4 is 5.91 Å². The molecule has 0 heterocycles. The molecule has 2 N–H and O–H groups in total. The van der Waals surface area contributed by atoms with Crippen molar-refractivity contribution in [1.82, 2.24) is 10.6 Å². The van der Waals surface area contributed by atoms with Gasteiger partial charge in [0.05, 0.1) is 6.61 Å². The molecular formula is C14H21FN2O3. The second kappa shape index (κ2) is 9.28. The van der Waals surface area contributed by atoms with Gasteiger partial charge in [-0.2, -0.15) is 0 Å². The van der Waals surface area contributed by atoms with E-state index in [0.29, 0.717) is 19.7 Å². The van der Waals surface area contributed by atoms with Gasteiger partial charge in [0.1, 0.15) is 0 Å². The lowest BCUT2D eigenvalue weighted by Crippen LogP contribution is -2.40. The summed E-state index contributed by atoms with van der Waals surface area (Å²) in [6, 6.07) is 6.01. The minimum Gasteiger partial charge on any atom is -0.478 e. The van der Waals surface area contributed by atoms with Crippen LogP contribution in [0.15, 0.2) is 24.3 Å². The van der Waals surface area contributed by atoms with Crippen LogP contribution >= 0.6 is 0 Å². The number of hydrogen-bond acceptors (Lipinski definition) is 4. The molecule has 0 saturated heterocycles.